The molecule has 1 spiro atoms. The van der Waals surface area contributed by atoms with Crippen LogP contribution in [0.1, 0.15) is 25.7 Å². The van der Waals surface area contributed by atoms with Gasteiger partial charge in [0.1, 0.15) is 0 Å². The Bertz CT molecular complexity index is 332. The number of carbonyl (C=O) groups is 1. The SMILES string of the molecule is O=C(O)C1(C2CCOC3(CCOC3)C2)CCNC1. The van der Waals surface area contributed by atoms with Gasteiger partial charge in [0.25, 0.3) is 0 Å². The highest BCUT2D eigenvalue weighted by Crippen LogP contribution is 2.46. The van der Waals surface area contributed by atoms with Crippen LogP contribution in [0.15, 0.2) is 0 Å². The molecule has 3 rings (SSSR count). The Morgan fingerprint density at radius 1 is 1.33 bits per heavy atom. The zero-order valence-corrected chi connectivity index (χ0v) is 10.6. The van der Waals surface area contributed by atoms with E-state index in [1.165, 1.54) is 0 Å². The predicted molar refractivity (Wildman–Crippen MR) is 64.4 cm³/mol. The molecule has 3 heterocycles. The van der Waals surface area contributed by atoms with Crippen molar-refractivity contribution in [1.29, 1.82) is 0 Å². The molecule has 3 fully saturated rings. The molecule has 0 amide bonds. The van der Waals surface area contributed by atoms with E-state index < -0.39 is 11.4 Å². The number of hydrogen-bond donors (Lipinski definition) is 2. The normalized spacial score (nSPS) is 44.6. The standard InChI is InChI=1S/C13H21NO4/c15-11(16)13(2-4-14-8-13)10-1-5-18-12(7-10)3-6-17-9-12/h10,14H,1-9H2,(H,15,16). The molecule has 2 N–H and O–H groups in total. The lowest BCUT2D eigenvalue weighted by Gasteiger charge is -2.43. The zero-order chi connectivity index (χ0) is 12.6. The highest BCUT2D eigenvalue weighted by molar-refractivity contribution is 5.76. The van der Waals surface area contributed by atoms with Crippen molar-refractivity contribution in [3.8, 4) is 0 Å². The fourth-order valence-corrected chi connectivity index (χ4v) is 3.78. The lowest BCUT2D eigenvalue weighted by atomic mass is 9.67. The molecule has 0 aromatic heterocycles. The number of rotatable bonds is 2. The minimum absolute atomic E-state index is 0.200. The van der Waals surface area contributed by atoms with Gasteiger partial charge in [-0.1, -0.05) is 0 Å². The van der Waals surface area contributed by atoms with Crippen molar-refractivity contribution >= 4 is 5.97 Å². The van der Waals surface area contributed by atoms with Gasteiger partial charge >= 0.3 is 5.97 Å². The maximum absolute atomic E-state index is 11.7. The van der Waals surface area contributed by atoms with Gasteiger partial charge in [-0.05, 0) is 31.7 Å². The van der Waals surface area contributed by atoms with Crippen LogP contribution in [-0.2, 0) is 14.3 Å². The van der Waals surface area contributed by atoms with Crippen LogP contribution in [0, 0.1) is 11.3 Å². The van der Waals surface area contributed by atoms with Crippen molar-refractivity contribution in [3.05, 3.63) is 0 Å². The molecular formula is C13H21NO4. The van der Waals surface area contributed by atoms with Crippen LogP contribution >= 0.6 is 0 Å². The third kappa shape index (κ3) is 1.85. The van der Waals surface area contributed by atoms with Crippen LogP contribution in [0.25, 0.3) is 0 Å². The second kappa shape index (κ2) is 4.47. The van der Waals surface area contributed by atoms with Gasteiger partial charge in [-0.2, -0.15) is 0 Å². The number of carboxylic acid groups (broad SMARTS) is 1. The molecule has 0 saturated carbocycles. The summed E-state index contributed by atoms with van der Waals surface area (Å²) in [6, 6.07) is 0. The van der Waals surface area contributed by atoms with Crippen LogP contribution in [0.5, 0.6) is 0 Å². The van der Waals surface area contributed by atoms with Gasteiger partial charge in [-0.3, -0.25) is 4.79 Å². The minimum atomic E-state index is -0.645. The monoisotopic (exact) mass is 255 g/mol. The summed E-state index contributed by atoms with van der Waals surface area (Å²) in [5.41, 5.74) is -0.784. The Labute approximate surface area is 107 Å². The largest absolute Gasteiger partial charge is 0.481 e. The Kier molecular flexibility index (Phi) is 3.08. The van der Waals surface area contributed by atoms with E-state index in [-0.39, 0.29) is 11.5 Å². The van der Waals surface area contributed by atoms with Crippen LogP contribution in [0.2, 0.25) is 0 Å². The number of hydrogen-bond acceptors (Lipinski definition) is 4. The van der Waals surface area contributed by atoms with Crippen molar-refractivity contribution in [2.45, 2.75) is 31.3 Å². The molecule has 0 radical (unpaired) electrons. The van der Waals surface area contributed by atoms with E-state index in [1.54, 1.807) is 0 Å². The maximum atomic E-state index is 11.7. The summed E-state index contributed by atoms with van der Waals surface area (Å²) in [5, 5.41) is 12.9. The zero-order valence-electron chi connectivity index (χ0n) is 10.6. The first kappa shape index (κ1) is 12.4. The first-order chi connectivity index (χ1) is 8.67. The van der Waals surface area contributed by atoms with Gasteiger partial charge in [0.2, 0.25) is 0 Å². The molecule has 102 valence electrons. The van der Waals surface area contributed by atoms with E-state index in [1.807, 2.05) is 0 Å². The minimum Gasteiger partial charge on any atom is -0.481 e. The number of nitrogens with one attached hydrogen (secondary N) is 1. The first-order valence-electron chi connectivity index (χ1n) is 6.83. The summed E-state index contributed by atoms with van der Waals surface area (Å²) in [6.45, 7) is 3.46. The lowest BCUT2D eigenvalue weighted by Crippen LogP contribution is -2.49. The lowest BCUT2D eigenvalue weighted by molar-refractivity contribution is -0.161. The summed E-state index contributed by atoms with van der Waals surface area (Å²) in [5.74, 6) is -0.436. The van der Waals surface area contributed by atoms with Crippen molar-refractivity contribution in [3.63, 3.8) is 0 Å². The van der Waals surface area contributed by atoms with Gasteiger partial charge in [0.15, 0.2) is 0 Å². The Balaban J connectivity index is 1.80. The quantitative estimate of drug-likeness (QED) is 0.758. The van der Waals surface area contributed by atoms with Gasteiger partial charge in [0.05, 0.1) is 17.6 Å². The summed E-state index contributed by atoms with van der Waals surface area (Å²) >= 11 is 0. The van der Waals surface area contributed by atoms with Gasteiger partial charge < -0.3 is 19.9 Å². The molecule has 5 heteroatoms. The van der Waals surface area contributed by atoms with E-state index in [0.29, 0.717) is 19.8 Å². The summed E-state index contributed by atoms with van der Waals surface area (Å²) in [6.07, 6.45) is 3.34. The van der Waals surface area contributed by atoms with Gasteiger partial charge in [0, 0.05) is 26.2 Å². The second-order valence-corrected chi connectivity index (χ2v) is 5.91. The van der Waals surface area contributed by atoms with E-state index in [9.17, 15) is 9.90 Å². The molecule has 0 aromatic carbocycles. The number of ether oxygens (including phenoxy) is 2. The van der Waals surface area contributed by atoms with Crippen molar-refractivity contribution < 1.29 is 19.4 Å². The van der Waals surface area contributed by atoms with Crippen LogP contribution in [0.3, 0.4) is 0 Å². The molecule has 3 saturated heterocycles. The molecule has 0 bridgehead atoms. The summed E-state index contributed by atoms with van der Waals surface area (Å²) in [7, 11) is 0. The van der Waals surface area contributed by atoms with Crippen LogP contribution < -0.4 is 5.32 Å². The second-order valence-electron chi connectivity index (χ2n) is 5.91. The fraction of sp³-hybridized carbons (Fsp3) is 0.923. The smallest absolute Gasteiger partial charge is 0.311 e. The molecule has 3 aliphatic heterocycles. The third-order valence-electron chi connectivity index (χ3n) is 4.96. The van der Waals surface area contributed by atoms with Crippen molar-refractivity contribution in [2.24, 2.45) is 11.3 Å². The molecule has 18 heavy (non-hydrogen) atoms. The number of aliphatic carboxylic acids is 1. The third-order valence-corrected chi connectivity index (χ3v) is 4.96. The Morgan fingerprint density at radius 2 is 2.22 bits per heavy atom. The molecule has 0 aromatic rings. The molecule has 3 atom stereocenters. The Hall–Kier alpha value is -0.650. The van der Waals surface area contributed by atoms with Crippen molar-refractivity contribution in [1.82, 2.24) is 5.32 Å². The highest BCUT2D eigenvalue weighted by atomic mass is 16.6. The van der Waals surface area contributed by atoms with E-state index >= 15 is 0 Å². The average Bonchev–Trinajstić information content (AvgIpc) is 2.99. The molecule has 3 aliphatic rings. The molecule has 3 unspecified atom stereocenters. The summed E-state index contributed by atoms with van der Waals surface area (Å²) in [4.78, 5) is 11.7. The molecule has 0 aliphatic carbocycles. The van der Waals surface area contributed by atoms with Gasteiger partial charge in [-0.25, -0.2) is 0 Å². The summed E-state index contributed by atoms with van der Waals surface area (Å²) < 4.78 is 11.4. The topological polar surface area (TPSA) is 67.8 Å². The molecular weight excluding hydrogens is 234 g/mol. The van der Waals surface area contributed by atoms with Crippen LogP contribution in [0.4, 0.5) is 0 Å². The van der Waals surface area contributed by atoms with Crippen LogP contribution in [-0.4, -0.2) is 49.6 Å². The average molecular weight is 255 g/mol. The number of carboxylic acids is 1. The highest BCUT2D eigenvalue weighted by Gasteiger charge is 2.53. The van der Waals surface area contributed by atoms with E-state index in [2.05, 4.69) is 5.32 Å². The first-order valence-corrected chi connectivity index (χ1v) is 6.83. The van der Waals surface area contributed by atoms with Gasteiger partial charge in [-0.15, -0.1) is 0 Å². The predicted octanol–water partition coefficient (Wildman–Crippen LogP) is 0.636. The van der Waals surface area contributed by atoms with Crippen molar-refractivity contribution in [2.75, 3.05) is 32.9 Å². The Morgan fingerprint density at radius 3 is 2.83 bits per heavy atom. The van der Waals surface area contributed by atoms with E-state index in [0.717, 1.165) is 38.8 Å². The fourth-order valence-electron chi connectivity index (χ4n) is 3.78. The maximum Gasteiger partial charge on any atom is 0.311 e. The molecule has 5 nitrogen and oxygen atoms in total. The van der Waals surface area contributed by atoms with E-state index in [4.69, 9.17) is 9.47 Å².